The number of unbranched alkanes of at least 4 members (excludes halogenated alkanes) is 3. The van der Waals surface area contributed by atoms with E-state index in [1.165, 1.54) is 25.7 Å². The molecule has 0 saturated heterocycles. The molecular weight excluding hydrogens is 244 g/mol. The quantitative estimate of drug-likeness (QED) is 0.299. The first kappa shape index (κ1) is 18.1. The van der Waals surface area contributed by atoms with Crippen LogP contribution in [0, 0.1) is 0 Å². The molecule has 0 aliphatic carbocycles. The van der Waals surface area contributed by atoms with Gasteiger partial charge in [0.05, 0.1) is 0 Å². The molecule has 2 unspecified atom stereocenters. The molecule has 0 aromatic heterocycles. The molecule has 0 fully saturated rings. The molecule has 0 aliphatic heterocycles. The van der Waals surface area contributed by atoms with Crippen LogP contribution in [0.2, 0.25) is 12.6 Å². The molecule has 0 spiro atoms. The molecule has 0 radical (unpaired) electrons. The second kappa shape index (κ2) is 11.0. The number of hydrogen-bond donors (Lipinski definition) is 0. The van der Waals surface area contributed by atoms with Gasteiger partial charge in [-0.05, 0) is 32.9 Å². The summed E-state index contributed by atoms with van der Waals surface area (Å²) in [5.41, 5.74) is 0. The molecule has 2 atom stereocenters. The van der Waals surface area contributed by atoms with Crippen molar-refractivity contribution in [2.75, 3.05) is 13.2 Å². The average Bonchev–Trinajstić information content (AvgIpc) is 2.32. The van der Waals surface area contributed by atoms with E-state index in [9.17, 15) is 0 Å². The molecular formula is C14H32O3Si. The van der Waals surface area contributed by atoms with E-state index in [4.69, 9.17) is 13.6 Å². The first-order chi connectivity index (χ1) is 8.58. The van der Waals surface area contributed by atoms with Gasteiger partial charge in [-0.1, -0.05) is 39.5 Å². The molecule has 0 saturated carbocycles. The first-order valence-electron chi connectivity index (χ1n) is 7.51. The van der Waals surface area contributed by atoms with Crippen molar-refractivity contribution in [3.05, 3.63) is 0 Å². The Labute approximate surface area is 114 Å². The van der Waals surface area contributed by atoms with Gasteiger partial charge < -0.3 is 13.6 Å². The van der Waals surface area contributed by atoms with E-state index < -0.39 is 8.56 Å². The minimum absolute atomic E-state index is 0.137. The van der Waals surface area contributed by atoms with E-state index in [-0.39, 0.29) is 6.29 Å². The van der Waals surface area contributed by atoms with Gasteiger partial charge in [-0.15, -0.1) is 0 Å². The molecule has 4 heteroatoms. The van der Waals surface area contributed by atoms with Gasteiger partial charge in [0.2, 0.25) is 0 Å². The zero-order valence-electron chi connectivity index (χ0n) is 13.0. The lowest BCUT2D eigenvalue weighted by Gasteiger charge is -2.29. The third-order valence-corrected chi connectivity index (χ3v) is 5.94. The number of rotatable bonds is 12. The maximum atomic E-state index is 6.06. The molecule has 0 aliphatic rings. The second-order valence-corrected chi connectivity index (χ2v) is 8.23. The topological polar surface area (TPSA) is 27.7 Å². The highest BCUT2D eigenvalue weighted by Gasteiger charge is 2.32. The van der Waals surface area contributed by atoms with Crippen molar-refractivity contribution in [2.45, 2.75) is 78.7 Å². The largest absolute Gasteiger partial charge is 0.395 e. The molecule has 18 heavy (non-hydrogen) atoms. The fourth-order valence-corrected chi connectivity index (χ4v) is 4.66. The molecule has 0 heterocycles. The Morgan fingerprint density at radius 1 is 1.00 bits per heavy atom. The van der Waals surface area contributed by atoms with Crippen LogP contribution in [-0.2, 0) is 13.6 Å². The summed E-state index contributed by atoms with van der Waals surface area (Å²) in [7, 11) is -2.03. The molecule has 3 nitrogen and oxygen atoms in total. The lowest BCUT2D eigenvalue weighted by atomic mass is 10.3. The van der Waals surface area contributed by atoms with E-state index in [2.05, 4.69) is 20.4 Å². The van der Waals surface area contributed by atoms with Crippen molar-refractivity contribution in [3.8, 4) is 0 Å². The zero-order valence-corrected chi connectivity index (χ0v) is 14.0. The fraction of sp³-hybridized carbons (Fsp3) is 1.00. The smallest absolute Gasteiger partial charge is 0.336 e. The summed E-state index contributed by atoms with van der Waals surface area (Å²) in [6, 6.07) is 1.06. The third kappa shape index (κ3) is 9.08. The lowest BCUT2D eigenvalue weighted by Crippen LogP contribution is -2.42. The Hall–Kier alpha value is 0.0969. The minimum Gasteiger partial charge on any atom is -0.395 e. The summed E-state index contributed by atoms with van der Waals surface area (Å²) < 4.78 is 17.6. The summed E-state index contributed by atoms with van der Waals surface area (Å²) in [6.45, 7) is 12.1. The highest BCUT2D eigenvalue weighted by Crippen LogP contribution is 2.19. The minimum atomic E-state index is -2.03. The van der Waals surface area contributed by atoms with Crippen molar-refractivity contribution in [1.82, 2.24) is 0 Å². The Kier molecular flexibility index (Phi) is 11.0. The number of hydrogen-bond acceptors (Lipinski definition) is 3. The summed E-state index contributed by atoms with van der Waals surface area (Å²) in [4.78, 5) is 0. The standard InChI is InChI=1S/C14H32O3Si/c1-6-9-11-12-15-14(4)17-18(5,16-8-3)13-10-7-2/h14H,6-13H2,1-5H3. The van der Waals surface area contributed by atoms with Crippen molar-refractivity contribution >= 4 is 8.56 Å². The van der Waals surface area contributed by atoms with Gasteiger partial charge >= 0.3 is 8.56 Å². The normalized spacial score (nSPS) is 16.5. The van der Waals surface area contributed by atoms with Crippen molar-refractivity contribution in [2.24, 2.45) is 0 Å². The van der Waals surface area contributed by atoms with Gasteiger partial charge in [-0.3, -0.25) is 0 Å². The summed E-state index contributed by atoms with van der Waals surface area (Å²) in [6.07, 6.45) is 5.78. The van der Waals surface area contributed by atoms with Crippen molar-refractivity contribution in [1.29, 1.82) is 0 Å². The van der Waals surface area contributed by atoms with E-state index >= 15 is 0 Å². The monoisotopic (exact) mass is 276 g/mol. The van der Waals surface area contributed by atoms with Gasteiger partial charge in [0, 0.05) is 13.2 Å². The van der Waals surface area contributed by atoms with E-state index in [1.807, 2.05) is 13.8 Å². The van der Waals surface area contributed by atoms with Crippen LogP contribution in [0.5, 0.6) is 0 Å². The molecule has 0 rings (SSSR count). The Bertz CT molecular complexity index is 190. The predicted molar refractivity (Wildman–Crippen MR) is 79.0 cm³/mol. The predicted octanol–water partition coefficient (Wildman–Crippen LogP) is 4.46. The Morgan fingerprint density at radius 2 is 1.67 bits per heavy atom. The SMILES string of the molecule is CCCCCOC(C)O[Si](C)(CCCC)OCC. The summed E-state index contributed by atoms with van der Waals surface area (Å²) in [5, 5.41) is 0. The Balaban J connectivity index is 3.97. The average molecular weight is 276 g/mol. The van der Waals surface area contributed by atoms with Crippen LogP contribution >= 0.6 is 0 Å². The van der Waals surface area contributed by atoms with Crippen LogP contribution in [0.4, 0.5) is 0 Å². The highest BCUT2D eigenvalue weighted by molar-refractivity contribution is 6.66. The van der Waals surface area contributed by atoms with E-state index in [0.717, 1.165) is 25.7 Å². The molecule has 0 aromatic carbocycles. The number of ether oxygens (including phenoxy) is 1. The van der Waals surface area contributed by atoms with Crippen LogP contribution in [0.25, 0.3) is 0 Å². The van der Waals surface area contributed by atoms with Crippen LogP contribution in [-0.4, -0.2) is 28.1 Å². The van der Waals surface area contributed by atoms with E-state index in [1.54, 1.807) is 0 Å². The fourth-order valence-electron chi connectivity index (χ4n) is 1.95. The third-order valence-electron chi connectivity index (χ3n) is 2.95. The first-order valence-corrected chi connectivity index (χ1v) is 10.0. The van der Waals surface area contributed by atoms with Crippen LogP contribution < -0.4 is 0 Å². The highest BCUT2D eigenvalue weighted by atomic mass is 28.4. The van der Waals surface area contributed by atoms with Gasteiger partial charge in [-0.2, -0.15) is 0 Å². The Morgan fingerprint density at radius 3 is 2.22 bits per heavy atom. The molecule has 0 bridgehead atoms. The van der Waals surface area contributed by atoms with Crippen LogP contribution in [0.15, 0.2) is 0 Å². The molecule has 0 N–H and O–H groups in total. The second-order valence-electron chi connectivity index (χ2n) is 4.93. The molecule has 110 valence electrons. The maximum absolute atomic E-state index is 6.06. The maximum Gasteiger partial charge on any atom is 0.336 e. The van der Waals surface area contributed by atoms with Gasteiger partial charge in [-0.25, -0.2) is 0 Å². The lowest BCUT2D eigenvalue weighted by molar-refractivity contribution is -0.0871. The van der Waals surface area contributed by atoms with Crippen LogP contribution in [0.1, 0.15) is 59.8 Å². The van der Waals surface area contributed by atoms with Gasteiger partial charge in [0.1, 0.15) is 6.29 Å². The van der Waals surface area contributed by atoms with Crippen molar-refractivity contribution in [3.63, 3.8) is 0 Å². The molecule has 0 amide bonds. The summed E-state index contributed by atoms with van der Waals surface area (Å²) >= 11 is 0. The van der Waals surface area contributed by atoms with Gasteiger partial charge in [0.25, 0.3) is 0 Å². The zero-order chi connectivity index (χ0) is 13.9. The van der Waals surface area contributed by atoms with E-state index in [0.29, 0.717) is 0 Å². The van der Waals surface area contributed by atoms with Gasteiger partial charge in [0.15, 0.2) is 0 Å². The molecule has 0 aromatic rings. The summed E-state index contributed by atoms with van der Waals surface area (Å²) in [5.74, 6) is 0. The van der Waals surface area contributed by atoms with Crippen LogP contribution in [0.3, 0.4) is 0 Å². The van der Waals surface area contributed by atoms with Crippen molar-refractivity contribution < 1.29 is 13.6 Å².